The normalized spacial score (nSPS) is 12.2. The molecule has 1 atom stereocenters. The van der Waals surface area contributed by atoms with E-state index in [-0.39, 0.29) is 0 Å². The number of carbonyl (C=O) groups is 1. The number of benzene rings is 1. The number of aliphatic hydroxyl groups excluding tert-OH is 1. The second-order valence-corrected chi connectivity index (χ2v) is 5.19. The minimum atomic E-state index is -0.641. The van der Waals surface area contributed by atoms with E-state index >= 15 is 0 Å². The number of carbonyl (C=O) groups excluding carboxylic acids is 1. The van der Waals surface area contributed by atoms with Crippen molar-refractivity contribution in [2.75, 3.05) is 6.61 Å². The van der Waals surface area contributed by atoms with E-state index in [0.717, 1.165) is 15.7 Å². The van der Waals surface area contributed by atoms with Gasteiger partial charge in [0.1, 0.15) is 0 Å². The molecule has 0 fully saturated rings. The van der Waals surface area contributed by atoms with Crippen molar-refractivity contribution in [1.29, 1.82) is 0 Å². The number of aromatic nitrogens is 2. The molecule has 2 aromatic rings. The van der Waals surface area contributed by atoms with Crippen LogP contribution < -0.4 is 0 Å². The van der Waals surface area contributed by atoms with Crippen LogP contribution in [0.1, 0.15) is 35.9 Å². The summed E-state index contributed by atoms with van der Waals surface area (Å²) in [5.41, 5.74) is 1.82. The largest absolute Gasteiger partial charge is 0.462 e. The summed E-state index contributed by atoms with van der Waals surface area (Å²) in [7, 11) is 0. The Labute approximate surface area is 125 Å². The molecule has 1 unspecified atom stereocenters. The highest BCUT2D eigenvalue weighted by molar-refractivity contribution is 9.10. The van der Waals surface area contributed by atoms with Crippen molar-refractivity contribution in [3.8, 4) is 5.69 Å². The van der Waals surface area contributed by atoms with E-state index < -0.39 is 12.1 Å². The molecule has 0 aliphatic carbocycles. The molecule has 6 heteroatoms. The standard InChI is InChI=1S/C14H15BrN2O3/c1-3-20-14(19)10-7-16-17(8-10)13-5-4-11(15)6-12(13)9(2)18/h4-9,18H,3H2,1-2H3. The third kappa shape index (κ3) is 3.08. The first-order chi connectivity index (χ1) is 9.52. The van der Waals surface area contributed by atoms with Crippen LogP contribution in [0.2, 0.25) is 0 Å². The van der Waals surface area contributed by atoms with Gasteiger partial charge < -0.3 is 9.84 Å². The van der Waals surface area contributed by atoms with Gasteiger partial charge in [0.05, 0.1) is 30.2 Å². The van der Waals surface area contributed by atoms with Crippen LogP contribution in [0.15, 0.2) is 35.1 Å². The Morgan fingerprint density at radius 1 is 1.55 bits per heavy atom. The predicted octanol–water partition coefficient (Wildman–Crippen LogP) is 2.86. The van der Waals surface area contributed by atoms with Gasteiger partial charge in [-0.25, -0.2) is 9.48 Å². The van der Waals surface area contributed by atoms with Gasteiger partial charge in [-0.15, -0.1) is 0 Å². The van der Waals surface area contributed by atoms with E-state index in [1.54, 1.807) is 24.7 Å². The fourth-order valence-electron chi connectivity index (χ4n) is 1.84. The van der Waals surface area contributed by atoms with Crippen molar-refractivity contribution < 1.29 is 14.6 Å². The molecule has 1 heterocycles. The third-order valence-corrected chi connectivity index (χ3v) is 3.27. The number of aliphatic hydroxyl groups is 1. The van der Waals surface area contributed by atoms with Crippen molar-refractivity contribution in [2.45, 2.75) is 20.0 Å². The van der Waals surface area contributed by atoms with E-state index in [1.165, 1.54) is 6.20 Å². The minimum Gasteiger partial charge on any atom is -0.462 e. The average molecular weight is 339 g/mol. The molecule has 0 bridgehead atoms. The molecule has 106 valence electrons. The van der Waals surface area contributed by atoms with Gasteiger partial charge >= 0.3 is 5.97 Å². The molecule has 1 N–H and O–H groups in total. The second kappa shape index (κ2) is 6.19. The highest BCUT2D eigenvalue weighted by atomic mass is 79.9. The van der Waals surface area contributed by atoms with Crippen LogP contribution >= 0.6 is 15.9 Å². The SMILES string of the molecule is CCOC(=O)c1cnn(-c2ccc(Br)cc2C(C)O)c1. The Kier molecular flexibility index (Phi) is 4.57. The first kappa shape index (κ1) is 14.7. The summed E-state index contributed by atoms with van der Waals surface area (Å²) in [6.45, 7) is 3.75. The third-order valence-electron chi connectivity index (χ3n) is 2.78. The van der Waals surface area contributed by atoms with Gasteiger partial charge in [0.15, 0.2) is 0 Å². The van der Waals surface area contributed by atoms with Gasteiger partial charge in [0, 0.05) is 16.2 Å². The van der Waals surface area contributed by atoms with E-state index in [9.17, 15) is 9.90 Å². The molecule has 1 aromatic carbocycles. The van der Waals surface area contributed by atoms with E-state index in [1.807, 2.05) is 18.2 Å². The summed E-state index contributed by atoms with van der Waals surface area (Å²) in [5, 5.41) is 14.0. The molecule has 2 rings (SSSR count). The number of hydrogen-bond acceptors (Lipinski definition) is 4. The van der Waals surface area contributed by atoms with Gasteiger partial charge in [-0.1, -0.05) is 15.9 Å². The van der Waals surface area contributed by atoms with E-state index in [4.69, 9.17) is 4.74 Å². The number of nitrogens with zero attached hydrogens (tertiary/aromatic N) is 2. The van der Waals surface area contributed by atoms with Crippen molar-refractivity contribution in [3.63, 3.8) is 0 Å². The fourth-order valence-corrected chi connectivity index (χ4v) is 2.22. The lowest BCUT2D eigenvalue weighted by Gasteiger charge is -2.12. The Bertz CT molecular complexity index is 623. The molecular formula is C14H15BrN2O3. The quantitative estimate of drug-likeness (QED) is 0.870. The van der Waals surface area contributed by atoms with Gasteiger partial charge in [-0.05, 0) is 32.0 Å². The Morgan fingerprint density at radius 3 is 2.95 bits per heavy atom. The van der Waals surface area contributed by atoms with Crippen LogP contribution in [-0.2, 0) is 4.74 Å². The maximum atomic E-state index is 11.6. The minimum absolute atomic E-state index is 0.321. The lowest BCUT2D eigenvalue weighted by Crippen LogP contribution is -2.04. The monoisotopic (exact) mass is 338 g/mol. The number of esters is 1. The van der Waals surface area contributed by atoms with Crippen LogP contribution in [0.3, 0.4) is 0 Å². The van der Waals surface area contributed by atoms with E-state index in [2.05, 4.69) is 21.0 Å². The summed E-state index contributed by atoms with van der Waals surface area (Å²) in [6, 6.07) is 5.51. The summed E-state index contributed by atoms with van der Waals surface area (Å²) in [6.07, 6.45) is 2.40. The first-order valence-electron chi connectivity index (χ1n) is 6.22. The summed E-state index contributed by atoms with van der Waals surface area (Å²) >= 11 is 3.37. The number of ether oxygens (including phenoxy) is 1. The predicted molar refractivity (Wildman–Crippen MR) is 77.9 cm³/mol. The molecule has 0 radical (unpaired) electrons. The van der Waals surface area contributed by atoms with Crippen molar-refractivity contribution in [3.05, 3.63) is 46.2 Å². The van der Waals surface area contributed by atoms with Gasteiger partial charge in [-0.3, -0.25) is 0 Å². The highest BCUT2D eigenvalue weighted by Gasteiger charge is 2.14. The van der Waals surface area contributed by atoms with Crippen LogP contribution in [-0.4, -0.2) is 27.5 Å². The Morgan fingerprint density at radius 2 is 2.30 bits per heavy atom. The summed E-state index contributed by atoms with van der Waals surface area (Å²) in [4.78, 5) is 11.6. The summed E-state index contributed by atoms with van der Waals surface area (Å²) < 4.78 is 7.35. The topological polar surface area (TPSA) is 64.3 Å². The molecule has 0 saturated heterocycles. The fraction of sp³-hybridized carbons (Fsp3) is 0.286. The zero-order valence-electron chi connectivity index (χ0n) is 11.2. The van der Waals surface area contributed by atoms with Crippen molar-refractivity contribution in [2.24, 2.45) is 0 Å². The van der Waals surface area contributed by atoms with Crippen molar-refractivity contribution >= 4 is 21.9 Å². The molecule has 0 aliphatic rings. The second-order valence-electron chi connectivity index (χ2n) is 4.27. The maximum absolute atomic E-state index is 11.6. The molecule has 5 nitrogen and oxygen atoms in total. The maximum Gasteiger partial charge on any atom is 0.341 e. The number of halogens is 1. The Balaban J connectivity index is 2.40. The van der Waals surface area contributed by atoms with Gasteiger partial charge in [-0.2, -0.15) is 5.10 Å². The molecule has 0 spiro atoms. The zero-order chi connectivity index (χ0) is 14.7. The highest BCUT2D eigenvalue weighted by Crippen LogP contribution is 2.25. The molecular weight excluding hydrogens is 324 g/mol. The molecule has 1 aromatic heterocycles. The summed E-state index contributed by atoms with van der Waals surface area (Å²) in [5.74, 6) is -0.408. The molecule has 0 amide bonds. The molecule has 20 heavy (non-hydrogen) atoms. The first-order valence-corrected chi connectivity index (χ1v) is 7.02. The smallest absolute Gasteiger partial charge is 0.341 e. The molecule has 0 aliphatic heterocycles. The number of hydrogen-bond donors (Lipinski definition) is 1. The van der Waals surface area contributed by atoms with Crippen LogP contribution in [0.25, 0.3) is 5.69 Å². The average Bonchev–Trinajstić information content (AvgIpc) is 2.88. The molecule has 0 saturated carbocycles. The van der Waals surface area contributed by atoms with Gasteiger partial charge in [0.25, 0.3) is 0 Å². The van der Waals surface area contributed by atoms with Crippen LogP contribution in [0, 0.1) is 0 Å². The lowest BCUT2D eigenvalue weighted by atomic mass is 10.1. The van der Waals surface area contributed by atoms with Crippen molar-refractivity contribution in [1.82, 2.24) is 9.78 Å². The number of rotatable bonds is 4. The Hall–Kier alpha value is -1.66. The van der Waals surface area contributed by atoms with E-state index in [0.29, 0.717) is 12.2 Å². The van der Waals surface area contributed by atoms with Gasteiger partial charge in [0.2, 0.25) is 0 Å². The lowest BCUT2D eigenvalue weighted by molar-refractivity contribution is 0.0526. The van der Waals surface area contributed by atoms with Crippen LogP contribution in [0.5, 0.6) is 0 Å². The van der Waals surface area contributed by atoms with Crippen LogP contribution in [0.4, 0.5) is 0 Å². The zero-order valence-corrected chi connectivity index (χ0v) is 12.8.